The summed E-state index contributed by atoms with van der Waals surface area (Å²) >= 11 is 0. The first-order valence-corrected chi connectivity index (χ1v) is 17.9. The van der Waals surface area contributed by atoms with E-state index < -0.39 is 22.7 Å². The van der Waals surface area contributed by atoms with E-state index >= 15 is 0 Å². The molecular weight excluding hydrogens is 454 g/mol. The molecule has 0 aliphatic rings. The van der Waals surface area contributed by atoms with Crippen LogP contribution in [0.4, 0.5) is 0 Å². The highest BCUT2D eigenvalue weighted by molar-refractivity contribution is 6.67. The molecule has 0 heterocycles. The van der Waals surface area contributed by atoms with Crippen molar-refractivity contribution in [2.24, 2.45) is 5.73 Å². The van der Waals surface area contributed by atoms with E-state index in [0.717, 1.165) is 25.7 Å². The summed E-state index contributed by atoms with van der Waals surface area (Å²) in [5.74, 6) is 0. The molecule has 0 aliphatic heterocycles. The van der Waals surface area contributed by atoms with Crippen LogP contribution in [-0.4, -0.2) is 72.8 Å². The number of hydrogen-bond acceptors (Lipinski definition) is 7. The first-order chi connectivity index (χ1) is 15.4. The van der Waals surface area contributed by atoms with Crippen LogP contribution >= 0.6 is 0 Å². The molecule has 0 saturated carbocycles. The van der Waals surface area contributed by atoms with Gasteiger partial charge in [-0.25, -0.2) is 0 Å². The summed E-state index contributed by atoms with van der Waals surface area (Å²) in [6, 6.07) is 0. The van der Waals surface area contributed by atoms with E-state index in [2.05, 4.69) is 26.9 Å². The van der Waals surface area contributed by atoms with E-state index in [1.165, 1.54) is 0 Å². The molecule has 0 radical (unpaired) electrons. The fraction of sp³-hybridized carbons (Fsp3) is 1.00. The van der Waals surface area contributed by atoms with Crippen molar-refractivity contribution in [2.45, 2.75) is 130 Å². The standard InChI is InChI=1S/C24H55NO6Si2/c1-12-18-22(32(10,26-14-3)27-15-4)30-20(7)24(9,25)21(8)31-23(19-13-2)33(11,28-16-5)29-17-6/h20-23H,12-19,25H2,1-11H3. The van der Waals surface area contributed by atoms with Gasteiger partial charge in [0.25, 0.3) is 0 Å². The molecule has 0 aliphatic carbocycles. The Kier molecular flexibility index (Phi) is 16.1. The van der Waals surface area contributed by atoms with Crippen LogP contribution in [-0.2, 0) is 27.2 Å². The maximum Gasteiger partial charge on any atom is 0.364 e. The Morgan fingerprint density at radius 2 is 0.909 bits per heavy atom. The number of rotatable bonds is 20. The molecule has 200 valence electrons. The predicted octanol–water partition coefficient (Wildman–Crippen LogP) is 5.22. The third-order valence-corrected chi connectivity index (χ3v) is 13.1. The molecule has 4 unspecified atom stereocenters. The number of hydrogen-bond donors (Lipinski definition) is 1. The van der Waals surface area contributed by atoms with Gasteiger partial charge < -0.3 is 32.9 Å². The van der Waals surface area contributed by atoms with Crippen LogP contribution in [0.5, 0.6) is 0 Å². The highest BCUT2D eigenvalue weighted by atomic mass is 28.4. The normalized spacial score (nSPS) is 18.5. The molecule has 0 aromatic rings. The minimum atomic E-state index is -2.52. The van der Waals surface area contributed by atoms with Crippen molar-refractivity contribution in [3.05, 3.63) is 0 Å². The maximum atomic E-state index is 6.89. The first-order valence-electron chi connectivity index (χ1n) is 13.1. The van der Waals surface area contributed by atoms with Crippen LogP contribution in [0.25, 0.3) is 0 Å². The minimum Gasteiger partial charge on any atom is -0.393 e. The Labute approximate surface area is 206 Å². The van der Waals surface area contributed by atoms with Crippen LogP contribution in [0, 0.1) is 0 Å². The van der Waals surface area contributed by atoms with Crippen LogP contribution in [0.3, 0.4) is 0 Å². The van der Waals surface area contributed by atoms with Gasteiger partial charge in [0.05, 0.1) is 17.7 Å². The minimum absolute atomic E-state index is 0.106. The van der Waals surface area contributed by atoms with E-state index in [-0.39, 0.29) is 23.7 Å². The third kappa shape index (κ3) is 9.97. The zero-order valence-electron chi connectivity index (χ0n) is 23.5. The maximum absolute atomic E-state index is 6.89. The van der Waals surface area contributed by atoms with Crippen molar-refractivity contribution in [2.75, 3.05) is 26.4 Å². The summed E-state index contributed by atoms with van der Waals surface area (Å²) in [4.78, 5) is 0. The zero-order chi connectivity index (χ0) is 25.7. The lowest BCUT2D eigenvalue weighted by atomic mass is 9.91. The molecule has 4 atom stereocenters. The van der Waals surface area contributed by atoms with Gasteiger partial charge in [0.1, 0.15) is 11.5 Å². The lowest BCUT2D eigenvalue weighted by Gasteiger charge is -2.44. The van der Waals surface area contributed by atoms with Gasteiger partial charge in [-0.1, -0.05) is 26.7 Å². The second-order valence-electron chi connectivity index (χ2n) is 9.24. The molecule has 0 amide bonds. The quantitative estimate of drug-likeness (QED) is 0.225. The van der Waals surface area contributed by atoms with Crippen LogP contribution in [0.1, 0.15) is 88.0 Å². The van der Waals surface area contributed by atoms with Crippen LogP contribution in [0.2, 0.25) is 13.1 Å². The highest BCUT2D eigenvalue weighted by Crippen LogP contribution is 2.29. The largest absolute Gasteiger partial charge is 0.393 e. The van der Waals surface area contributed by atoms with Crippen molar-refractivity contribution >= 4 is 17.1 Å². The lowest BCUT2D eigenvalue weighted by Crippen LogP contribution is -2.63. The van der Waals surface area contributed by atoms with Gasteiger partial charge in [0, 0.05) is 26.4 Å². The molecule has 0 bridgehead atoms. The molecule has 0 rings (SSSR count). The smallest absolute Gasteiger partial charge is 0.364 e. The highest BCUT2D eigenvalue weighted by Gasteiger charge is 2.48. The summed E-state index contributed by atoms with van der Waals surface area (Å²) in [6.45, 7) is 25.0. The van der Waals surface area contributed by atoms with Gasteiger partial charge in [0.15, 0.2) is 0 Å². The van der Waals surface area contributed by atoms with E-state index in [9.17, 15) is 0 Å². The number of ether oxygens (including phenoxy) is 2. The van der Waals surface area contributed by atoms with Gasteiger partial charge in [-0.15, -0.1) is 0 Å². The van der Waals surface area contributed by atoms with E-state index in [4.69, 9.17) is 32.9 Å². The van der Waals surface area contributed by atoms with E-state index in [0.29, 0.717) is 26.4 Å². The Balaban J connectivity index is 5.66. The second kappa shape index (κ2) is 16.0. The molecule has 9 heteroatoms. The molecule has 0 spiro atoms. The summed E-state index contributed by atoms with van der Waals surface area (Å²) in [6.07, 6.45) is 3.20. The van der Waals surface area contributed by atoms with Gasteiger partial charge in [0.2, 0.25) is 0 Å². The second-order valence-corrected chi connectivity index (χ2v) is 15.7. The Morgan fingerprint density at radius 3 is 1.12 bits per heavy atom. The Bertz CT molecular complexity index is 457. The SMILES string of the molecule is CCCC(OC(C)C(C)(N)C(C)OC(CCC)[Si](C)(OCC)OCC)[Si](C)(OCC)OCC. The zero-order valence-corrected chi connectivity index (χ0v) is 25.5. The molecular formula is C24H55NO6Si2. The van der Waals surface area contributed by atoms with Gasteiger partial charge >= 0.3 is 17.1 Å². The van der Waals surface area contributed by atoms with E-state index in [1.54, 1.807) is 0 Å². The lowest BCUT2D eigenvalue weighted by molar-refractivity contribution is -0.0965. The molecule has 33 heavy (non-hydrogen) atoms. The summed E-state index contributed by atoms with van der Waals surface area (Å²) in [5.41, 5.74) is 5.96. The first kappa shape index (κ1) is 33.2. The molecule has 2 N–H and O–H groups in total. The molecule has 0 saturated heterocycles. The summed E-state index contributed by atoms with van der Waals surface area (Å²) in [7, 11) is -5.05. The van der Waals surface area contributed by atoms with E-state index in [1.807, 2.05) is 48.5 Å². The monoisotopic (exact) mass is 509 g/mol. The topological polar surface area (TPSA) is 81.4 Å². The van der Waals surface area contributed by atoms with Gasteiger partial charge in [-0.2, -0.15) is 0 Å². The molecule has 0 aromatic heterocycles. The summed E-state index contributed by atoms with van der Waals surface area (Å²) < 4.78 is 37.8. The average Bonchev–Trinajstić information content (AvgIpc) is 2.73. The van der Waals surface area contributed by atoms with Crippen LogP contribution in [0.15, 0.2) is 0 Å². The van der Waals surface area contributed by atoms with Crippen molar-refractivity contribution in [1.82, 2.24) is 0 Å². The van der Waals surface area contributed by atoms with Crippen molar-refractivity contribution in [1.29, 1.82) is 0 Å². The van der Waals surface area contributed by atoms with Gasteiger partial charge in [-0.05, 0) is 74.4 Å². The van der Waals surface area contributed by atoms with Crippen LogP contribution < -0.4 is 5.73 Å². The molecule has 7 nitrogen and oxygen atoms in total. The molecule has 0 aromatic carbocycles. The Hall–Kier alpha value is 0.154. The third-order valence-electron chi connectivity index (χ3n) is 6.48. The van der Waals surface area contributed by atoms with Crippen molar-refractivity contribution in [3.63, 3.8) is 0 Å². The molecule has 0 fully saturated rings. The average molecular weight is 510 g/mol. The number of nitrogens with two attached hydrogens (primary N) is 1. The van der Waals surface area contributed by atoms with Crippen molar-refractivity contribution in [3.8, 4) is 0 Å². The summed E-state index contributed by atoms with van der Waals surface area (Å²) in [5, 5.41) is 0. The fourth-order valence-electron chi connectivity index (χ4n) is 4.15. The Morgan fingerprint density at radius 1 is 0.636 bits per heavy atom. The van der Waals surface area contributed by atoms with Gasteiger partial charge in [-0.3, -0.25) is 0 Å². The fourth-order valence-corrected chi connectivity index (χ4v) is 9.88. The van der Waals surface area contributed by atoms with Crippen molar-refractivity contribution < 1.29 is 27.2 Å². The predicted molar refractivity (Wildman–Crippen MR) is 141 cm³/mol.